The lowest BCUT2D eigenvalue weighted by atomic mass is 9.67. The molecular formula is C28H34N6O3. The fourth-order valence-electron chi connectivity index (χ4n) is 5.86. The second kappa shape index (κ2) is 8.53. The van der Waals surface area contributed by atoms with Gasteiger partial charge < -0.3 is 10.2 Å². The number of Topliss-reactive ketones (excluding diaryl/α,β-unsaturated/α-hetero) is 1. The molecule has 1 saturated heterocycles. The van der Waals surface area contributed by atoms with E-state index < -0.39 is 0 Å². The van der Waals surface area contributed by atoms with Crippen LogP contribution in [0.25, 0.3) is 10.9 Å². The van der Waals surface area contributed by atoms with Crippen LogP contribution in [0.5, 0.6) is 0 Å². The Kier molecular flexibility index (Phi) is 5.51. The minimum atomic E-state index is -0.172. The first-order chi connectivity index (χ1) is 17.6. The SMILES string of the molecule is CC(C)(C)n1cc2c(n1)C(=O)CC1(CCN(C(=O)c3ccc4c(C(=O)NC5CCC5)n[nH]c4c3)CC1)C2. The number of benzene rings is 1. The van der Waals surface area contributed by atoms with Gasteiger partial charge in [0, 0.05) is 48.3 Å². The summed E-state index contributed by atoms with van der Waals surface area (Å²) < 4.78 is 1.90. The molecule has 2 fully saturated rings. The highest BCUT2D eigenvalue weighted by Gasteiger charge is 2.43. The summed E-state index contributed by atoms with van der Waals surface area (Å²) >= 11 is 0. The number of aromatic amines is 1. The van der Waals surface area contributed by atoms with Crippen LogP contribution in [0.1, 0.15) is 96.2 Å². The van der Waals surface area contributed by atoms with E-state index in [2.05, 4.69) is 41.4 Å². The van der Waals surface area contributed by atoms with Gasteiger partial charge in [-0.05, 0) is 82.9 Å². The first-order valence-electron chi connectivity index (χ1n) is 13.3. The number of ketones is 1. The summed E-state index contributed by atoms with van der Waals surface area (Å²) in [4.78, 5) is 40.8. The van der Waals surface area contributed by atoms with Crippen molar-refractivity contribution >= 4 is 28.5 Å². The highest BCUT2D eigenvalue weighted by atomic mass is 16.2. The number of H-pyrrole nitrogens is 1. The molecule has 1 aliphatic heterocycles. The van der Waals surface area contributed by atoms with Crippen molar-refractivity contribution in [1.29, 1.82) is 0 Å². The zero-order valence-corrected chi connectivity index (χ0v) is 21.8. The van der Waals surface area contributed by atoms with Gasteiger partial charge in [-0.1, -0.05) is 0 Å². The van der Waals surface area contributed by atoms with E-state index in [0.29, 0.717) is 42.0 Å². The van der Waals surface area contributed by atoms with Gasteiger partial charge in [0.15, 0.2) is 11.5 Å². The molecule has 0 atom stereocenters. The van der Waals surface area contributed by atoms with Gasteiger partial charge in [0.05, 0.1) is 11.1 Å². The van der Waals surface area contributed by atoms with Gasteiger partial charge >= 0.3 is 0 Å². The van der Waals surface area contributed by atoms with Crippen LogP contribution in [0.15, 0.2) is 24.4 Å². The Morgan fingerprint density at radius 3 is 2.57 bits per heavy atom. The topological polar surface area (TPSA) is 113 Å². The normalized spacial score (nSPS) is 19.6. The lowest BCUT2D eigenvalue weighted by Gasteiger charge is -2.43. The lowest BCUT2D eigenvalue weighted by Crippen LogP contribution is -2.46. The first kappa shape index (κ1) is 23.9. The number of fused-ring (bicyclic) bond motifs is 2. The minimum absolute atomic E-state index is 0.0322. The van der Waals surface area contributed by atoms with E-state index >= 15 is 0 Å². The van der Waals surface area contributed by atoms with Gasteiger partial charge in [0.2, 0.25) is 0 Å². The average molecular weight is 503 g/mol. The zero-order chi connectivity index (χ0) is 25.9. The Labute approximate surface area is 216 Å². The van der Waals surface area contributed by atoms with Crippen molar-refractivity contribution in [3.63, 3.8) is 0 Å². The number of piperidine rings is 1. The number of likely N-dealkylation sites (tertiary alicyclic amines) is 1. The molecule has 2 aromatic heterocycles. The molecule has 9 nitrogen and oxygen atoms in total. The predicted molar refractivity (Wildman–Crippen MR) is 139 cm³/mol. The van der Waals surface area contributed by atoms with Crippen molar-refractivity contribution in [2.75, 3.05) is 13.1 Å². The van der Waals surface area contributed by atoms with Crippen LogP contribution < -0.4 is 5.32 Å². The molecule has 9 heteroatoms. The van der Waals surface area contributed by atoms with E-state index in [4.69, 9.17) is 0 Å². The molecule has 0 radical (unpaired) electrons. The molecule has 1 spiro atoms. The standard InChI is InChI=1S/C28H34N6O3/c1-27(2,3)34-16-18-14-28(15-22(35)23(18)32-34)9-11-33(12-10-28)26(37)17-7-8-20-21(13-17)30-31-24(20)25(36)29-19-5-4-6-19/h7-8,13,16,19H,4-6,9-12,14-15H2,1-3H3,(H,29,36)(H,30,31). The van der Waals surface area contributed by atoms with Crippen molar-refractivity contribution < 1.29 is 14.4 Å². The van der Waals surface area contributed by atoms with E-state index in [-0.39, 0.29) is 34.6 Å². The molecule has 0 bridgehead atoms. The lowest BCUT2D eigenvalue weighted by molar-refractivity contribution is 0.0519. The van der Waals surface area contributed by atoms with Crippen LogP contribution in [0.4, 0.5) is 0 Å². The molecule has 37 heavy (non-hydrogen) atoms. The molecule has 2 aliphatic carbocycles. The largest absolute Gasteiger partial charge is 0.348 e. The van der Waals surface area contributed by atoms with E-state index in [0.717, 1.165) is 49.5 Å². The Morgan fingerprint density at radius 2 is 1.89 bits per heavy atom. The number of rotatable bonds is 3. The Hall–Kier alpha value is -3.49. The molecule has 0 unspecified atom stereocenters. The first-order valence-corrected chi connectivity index (χ1v) is 13.3. The number of hydrogen-bond donors (Lipinski definition) is 2. The molecule has 3 heterocycles. The molecule has 6 rings (SSSR count). The summed E-state index contributed by atoms with van der Waals surface area (Å²) in [5.74, 6) is -0.0874. The smallest absolute Gasteiger partial charge is 0.272 e. The number of aromatic nitrogens is 4. The fraction of sp³-hybridized carbons (Fsp3) is 0.536. The Balaban J connectivity index is 1.14. The third kappa shape index (κ3) is 4.24. The third-order valence-electron chi connectivity index (χ3n) is 8.42. The minimum Gasteiger partial charge on any atom is -0.348 e. The van der Waals surface area contributed by atoms with Gasteiger partial charge in [0.25, 0.3) is 11.8 Å². The Bertz CT molecular complexity index is 1400. The van der Waals surface area contributed by atoms with Crippen LogP contribution >= 0.6 is 0 Å². The van der Waals surface area contributed by atoms with Crippen molar-refractivity contribution in [3.8, 4) is 0 Å². The molecule has 3 aromatic rings. The number of nitrogens with one attached hydrogen (secondary N) is 2. The van der Waals surface area contributed by atoms with Crippen molar-refractivity contribution in [2.45, 2.75) is 77.3 Å². The highest BCUT2D eigenvalue weighted by molar-refractivity contribution is 6.06. The second-order valence-electron chi connectivity index (χ2n) is 12.1. The van der Waals surface area contributed by atoms with Crippen LogP contribution in [0.3, 0.4) is 0 Å². The molecule has 194 valence electrons. The summed E-state index contributed by atoms with van der Waals surface area (Å²) in [5.41, 5.74) is 3.00. The summed E-state index contributed by atoms with van der Waals surface area (Å²) in [6.07, 6.45) is 8.12. The average Bonchev–Trinajstić information content (AvgIpc) is 3.45. The van der Waals surface area contributed by atoms with Crippen LogP contribution in [0.2, 0.25) is 0 Å². The van der Waals surface area contributed by atoms with Gasteiger partial charge in [-0.15, -0.1) is 0 Å². The van der Waals surface area contributed by atoms with Crippen LogP contribution in [-0.4, -0.2) is 61.6 Å². The molecule has 2 amide bonds. The maximum absolute atomic E-state index is 13.4. The van der Waals surface area contributed by atoms with Crippen molar-refractivity contribution in [3.05, 3.63) is 46.9 Å². The maximum Gasteiger partial charge on any atom is 0.272 e. The zero-order valence-electron chi connectivity index (χ0n) is 21.8. The van der Waals surface area contributed by atoms with Crippen molar-refractivity contribution in [2.24, 2.45) is 5.41 Å². The monoisotopic (exact) mass is 502 g/mol. The van der Waals surface area contributed by atoms with Gasteiger partial charge in [-0.2, -0.15) is 10.2 Å². The number of hydrogen-bond acceptors (Lipinski definition) is 5. The van der Waals surface area contributed by atoms with Gasteiger partial charge in [-0.25, -0.2) is 0 Å². The predicted octanol–water partition coefficient (Wildman–Crippen LogP) is 3.85. The number of carbonyl (C=O) groups excluding carboxylic acids is 3. The van der Waals surface area contributed by atoms with Gasteiger partial charge in [-0.3, -0.25) is 24.2 Å². The van der Waals surface area contributed by atoms with Crippen molar-refractivity contribution in [1.82, 2.24) is 30.2 Å². The van der Waals surface area contributed by atoms with Crippen LogP contribution in [-0.2, 0) is 12.0 Å². The molecule has 1 aromatic carbocycles. The molecule has 3 aliphatic rings. The summed E-state index contributed by atoms with van der Waals surface area (Å²) in [6, 6.07) is 5.61. The third-order valence-corrected chi connectivity index (χ3v) is 8.42. The summed E-state index contributed by atoms with van der Waals surface area (Å²) in [5, 5.41) is 15.5. The highest BCUT2D eigenvalue weighted by Crippen LogP contribution is 2.43. The maximum atomic E-state index is 13.4. The molecule has 1 saturated carbocycles. The molecular weight excluding hydrogens is 468 g/mol. The quantitative estimate of drug-likeness (QED) is 0.565. The number of amides is 2. The Morgan fingerprint density at radius 1 is 1.14 bits per heavy atom. The summed E-state index contributed by atoms with van der Waals surface area (Å²) in [7, 11) is 0. The number of nitrogens with zero attached hydrogens (tertiary/aromatic N) is 4. The van der Waals surface area contributed by atoms with E-state index in [1.807, 2.05) is 15.8 Å². The molecule has 2 N–H and O–H groups in total. The van der Waals surface area contributed by atoms with E-state index in [1.165, 1.54) is 0 Å². The van der Waals surface area contributed by atoms with E-state index in [9.17, 15) is 14.4 Å². The summed E-state index contributed by atoms with van der Waals surface area (Å²) in [6.45, 7) is 7.49. The number of carbonyl (C=O) groups is 3. The van der Waals surface area contributed by atoms with E-state index in [1.54, 1.807) is 18.2 Å². The van der Waals surface area contributed by atoms with Gasteiger partial charge in [0.1, 0.15) is 5.69 Å². The fourth-order valence-corrected chi connectivity index (χ4v) is 5.86. The van der Waals surface area contributed by atoms with Crippen LogP contribution in [0, 0.1) is 5.41 Å². The second-order valence-corrected chi connectivity index (χ2v) is 12.1.